The van der Waals surface area contributed by atoms with Crippen LogP contribution in [0.4, 0.5) is 26.3 Å². The minimum absolute atomic E-state index is 0.0632. The fourth-order valence-corrected chi connectivity index (χ4v) is 5.61. The van der Waals surface area contributed by atoms with E-state index in [1.54, 1.807) is 20.8 Å². The number of aliphatic carboxylic acids is 1. The molecule has 1 aromatic carbocycles. The number of carboxylic acids is 1. The molecule has 0 aliphatic heterocycles. The molecule has 1 heterocycles. The number of benzene rings is 1. The van der Waals surface area contributed by atoms with Crippen LogP contribution in [0, 0.1) is 5.41 Å². The number of carbonyl (C=O) groups excluding carboxylic acids is 2. The lowest BCUT2D eigenvalue weighted by Gasteiger charge is -2.34. The van der Waals surface area contributed by atoms with E-state index in [4.69, 9.17) is 27.9 Å². The topological polar surface area (TPSA) is 102 Å². The molecule has 1 aliphatic rings. The monoisotopic (exact) mass is 673 g/mol. The zero-order valence-corrected chi connectivity index (χ0v) is 25.7. The predicted molar refractivity (Wildman–Crippen MR) is 148 cm³/mol. The highest BCUT2D eigenvalue weighted by Gasteiger charge is 2.45. The second-order valence-corrected chi connectivity index (χ2v) is 12.7. The standard InChI is InChI=1S/C28H31Cl2F6N3O5/c1-25(2,3)44-10-9-38(14-20(40)21-18(29)11-15(12-19(21)30)27(31,32)33)23(41)17-13-37-39(22(17)28(34,35)36)16-5-7-26(4,8-6-16)24(42)43/h11-13,16H,5-10,14H2,1-4H3,(H,42,43)/t16-,26-. The summed E-state index contributed by atoms with van der Waals surface area (Å²) in [6, 6.07) is 0.131. The number of ketones is 1. The van der Waals surface area contributed by atoms with Crippen molar-refractivity contribution in [2.45, 2.75) is 77.4 Å². The minimum atomic E-state index is -5.06. The van der Waals surface area contributed by atoms with Crippen molar-refractivity contribution in [3.8, 4) is 0 Å². The van der Waals surface area contributed by atoms with Crippen molar-refractivity contribution < 1.29 is 50.6 Å². The Morgan fingerprint density at radius 2 is 1.59 bits per heavy atom. The molecule has 16 heteroatoms. The molecule has 3 rings (SSSR count). The Morgan fingerprint density at radius 1 is 1.05 bits per heavy atom. The number of nitrogens with zero attached hydrogens (tertiary/aromatic N) is 3. The average molecular weight is 674 g/mol. The van der Waals surface area contributed by atoms with Gasteiger partial charge in [0, 0.05) is 6.54 Å². The molecule has 1 aromatic heterocycles. The van der Waals surface area contributed by atoms with Crippen LogP contribution in [-0.4, -0.2) is 62.7 Å². The van der Waals surface area contributed by atoms with E-state index in [-0.39, 0.29) is 38.8 Å². The van der Waals surface area contributed by atoms with Crippen LogP contribution in [0.2, 0.25) is 10.0 Å². The van der Waals surface area contributed by atoms with E-state index in [2.05, 4.69) is 5.10 Å². The Bertz CT molecular complexity index is 1390. The maximum absolute atomic E-state index is 14.4. The van der Waals surface area contributed by atoms with Crippen LogP contribution in [0.15, 0.2) is 18.3 Å². The third kappa shape index (κ3) is 8.25. The lowest BCUT2D eigenvalue weighted by Crippen LogP contribution is -2.40. The lowest BCUT2D eigenvalue weighted by molar-refractivity contribution is -0.152. The summed E-state index contributed by atoms with van der Waals surface area (Å²) in [5.41, 5.74) is -5.81. The van der Waals surface area contributed by atoms with Crippen molar-refractivity contribution in [2.75, 3.05) is 19.7 Å². The number of rotatable bonds is 9. The van der Waals surface area contributed by atoms with Gasteiger partial charge in [-0.1, -0.05) is 23.2 Å². The van der Waals surface area contributed by atoms with Crippen molar-refractivity contribution in [3.05, 3.63) is 50.8 Å². The number of alkyl halides is 6. The van der Waals surface area contributed by atoms with Crippen molar-refractivity contribution in [1.29, 1.82) is 0 Å². The molecule has 1 saturated carbocycles. The highest BCUT2D eigenvalue weighted by atomic mass is 35.5. The first-order valence-corrected chi connectivity index (χ1v) is 14.2. The van der Waals surface area contributed by atoms with Gasteiger partial charge in [-0.05, 0) is 65.5 Å². The number of halogens is 8. The first-order chi connectivity index (χ1) is 20.0. The zero-order chi connectivity index (χ0) is 33.4. The third-order valence-electron chi connectivity index (χ3n) is 7.38. The number of ether oxygens (including phenoxy) is 1. The normalized spacial score (nSPS) is 19.6. The molecule has 0 bridgehead atoms. The van der Waals surface area contributed by atoms with Gasteiger partial charge in [-0.15, -0.1) is 0 Å². The van der Waals surface area contributed by atoms with Crippen LogP contribution in [0.3, 0.4) is 0 Å². The second kappa shape index (κ2) is 12.9. The summed E-state index contributed by atoms with van der Waals surface area (Å²) in [4.78, 5) is 39.2. The molecule has 244 valence electrons. The molecular formula is C28H31Cl2F6N3O5. The van der Waals surface area contributed by atoms with Gasteiger partial charge in [0.2, 0.25) is 0 Å². The Labute approximate surface area is 259 Å². The zero-order valence-electron chi connectivity index (χ0n) is 24.2. The first-order valence-electron chi connectivity index (χ1n) is 13.5. The van der Waals surface area contributed by atoms with Crippen LogP contribution in [-0.2, 0) is 21.9 Å². The number of hydrogen-bond donors (Lipinski definition) is 1. The van der Waals surface area contributed by atoms with Gasteiger partial charge in [-0.2, -0.15) is 31.4 Å². The summed E-state index contributed by atoms with van der Waals surface area (Å²) in [6.07, 6.45) is -8.84. The molecule has 8 nitrogen and oxygen atoms in total. The van der Waals surface area contributed by atoms with E-state index in [0.717, 1.165) is 11.1 Å². The SMILES string of the molecule is CC(C)(C)OCCN(CC(=O)c1c(Cl)cc(C(F)(F)F)cc1Cl)C(=O)c1cnn([C@H]2CC[C@](C)(C(=O)O)CC2)c1C(F)(F)F. The molecule has 0 unspecified atom stereocenters. The van der Waals surface area contributed by atoms with Crippen molar-refractivity contribution in [1.82, 2.24) is 14.7 Å². The lowest BCUT2D eigenvalue weighted by atomic mass is 9.74. The summed E-state index contributed by atoms with van der Waals surface area (Å²) in [5, 5.41) is 12.0. The van der Waals surface area contributed by atoms with Crippen LogP contribution in [0.5, 0.6) is 0 Å². The Kier molecular flexibility index (Phi) is 10.4. The number of Topliss-reactive ketones (excluding diaryl/α,β-unsaturated/α-hetero) is 1. The van der Waals surface area contributed by atoms with Crippen LogP contribution >= 0.6 is 23.2 Å². The molecule has 2 aromatic rings. The summed E-state index contributed by atoms with van der Waals surface area (Å²) in [7, 11) is 0. The quantitative estimate of drug-likeness (QED) is 0.218. The third-order valence-corrected chi connectivity index (χ3v) is 7.98. The summed E-state index contributed by atoms with van der Waals surface area (Å²) in [5.74, 6) is -3.31. The van der Waals surface area contributed by atoms with E-state index in [1.807, 2.05) is 0 Å². The fraction of sp³-hybridized carbons (Fsp3) is 0.571. The number of carbonyl (C=O) groups is 3. The van der Waals surface area contributed by atoms with Crippen molar-refractivity contribution in [3.63, 3.8) is 0 Å². The molecule has 0 saturated heterocycles. The molecule has 0 atom stereocenters. The highest BCUT2D eigenvalue weighted by Crippen LogP contribution is 2.43. The van der Waals surface area contributed by atoms with E-state index in [0.29, 0.717) is 16.8 Å². The van der Waals surface area contributed by atoms with E-state index in [1.165, 1.54) is 6.92 Å². The Balaban J connectivity index is 1.98. The van der Waals surface area contributed by atoms with Crippen LogP contribution in [0.25, 0.3) is 0 Å². The number of hydrogen-bond acceptors (Lipinski definition) is 5. The van der Waals surface area contributed by atoms with Gasteiger partial charge < -0.3 is 14.7 Å². The summed E-state index contributed by atoms with van der Waals surface area (Å²) < 4.78 is 89.1. The predicted octanol–water partition coefficient (Wildman–Crippen LogP) is 7.57. The maximum Gasteiger partial charge on any atom is 0.433 e. The van der Waals surface area contributed by atoms with Crippen molar-refractivity contribution >= 4 is 40.9 Å². The second-order valence-electron chi connectivity index (χ2n) is 11.9. The number of aromatic nitrogens is 2. The molecule has 1 N–H and O–H groups in total. The van der Waals surface area contributed by atoms with Crippen molar-refractivity contribution in [2.24, 2.45) is 5.41 Å². The van der Waals surface area contributed by atoms with E-state index >= 15 is 0 Å². The van der Waals surface area contributed by atoms with Gasteiger partial charge in [-0.3, -0.25) is 19.1 Å². The smallest absolute Gasteiger partial charge is 0.433 e. The molecule has 44 heavy (non-hydrogen) atoms. The minimum Gasteiger partial charge on any atom is -0.481 e. The van der Waals surface area contributed by atoms with E-state index in [9.17, 15) is 45.8 Å². The molecule has 1 fully saturated rings. The molecule has 1 aliphatic carbocycles. The number of carboxylic acid groups (broad SMARTS) is 1. The van der Waals surface area contributed by atoms with Gasteiger partial charge in [0.15, 0.2) is 11.5 Å². The molecular weight excluding hydrogens is 643 g/mol. The van der Waals surface area contributed by atoms with Crippen LogP contribution < -0.4 is 0 Å². The van der Waals surface area contributed by atoms with Gasteiger partial charge in [0.1, 0.15) is 0 Å². The van der Waals surface area contributed by atoms with Crippen LogP contribution in [0.1, 0.15) is 91.4 Å². The van der Waals surface area contributed by atoms with Gasteiger partial charge in [0.25, 0.3) is 5.91 Å². The largest absolute Gasteiger partial charge is 0.481 e. The Hall–Kier alpha value is -2.84. The van der Waals surface area contributed by atoms with Gasteiger partial charge in [-0.25, -0.2) is 0 Å². The Morgan fingerprint density at radius 3 is 2.05 bits per heavy atom. The average Bonchev–Trinajstić information content (AvgIpc) is 3.32. The summed E-state index contributed by atoms with van der Waals surface area (Å²) >= 11 is 11.9. The maximum atomic E-state index is 14.4. The summed E-state index contributed by atoms with van der Waals surface area (Å²) in [6.45, 7) is 5.12. The fourth-order valence-electron chi connectivity index (χ4n) is 4.92. The first kappa shape index (κ1) is 35.6. The number of amides is 1. The molecule has 1 amide bonds. The van der Waals surface area contributed by atoms with Gasteiger partial charge in [0.05, 0.1) is 63.1 Å². The molecule has 0 spiro atoms. The molecule has 0 radical (unpaired) electrons. The highest BCUT2D eigenvalue weighted by molar-refractivity contribution is 6.40. The van der Waals surface area contributed by atoms with Gasteiger partial charge >= 0.3 is 18.3 Å². The van der Waals surface area contributed by atoms with E-state index < -0.39 is 86.0 Å².